The first-order valence-electron chi connectivity index (χ1n) is 8.57. The number of guanidine groups is 1. The van der Waals surface area contributed by atoms with Crippen molar-refractivity contribution in [2.45, 2.75) is 19.8 Å². The van der Waals surface area contributed by atoms with E-state index < -0.39 is 0 Å². The van der Waals surface area contributed by atoms with Gasteiger partial charge in [-0.05, 0) is 31.4 Å². The molecule has 1 heterocycles. The lowest BCUT2D eigenvalue weighted by Crippen LogP contribution is -2.41. The molecule has 0 saturated carbocycles. The molecule has 1 saturated heterocycles. The van der Waals surface area contributed by atoms with Crippen LogP contribution in [-0.4, -0.2) is 63.0 Å². The van der Waals surface area contributed by atoms with Gasteiger partial charge in [0.25, 0.3) is 0 Å². The zero-order valence-corrected chi connectivity index (χ0v) is 17.7. The van der Waals surface area contributed by atoms with Crippen LogP contribution in [0.25, 0.3) is 0 Å². The standard InChI is InChI=1S/C18H29N3O3.HI/c1-4-24-13-14-8-10-21(12-14)18(19-2)20-9-7-15-5-6-16(23-3)11-17(15)22;/h5-6,11,14,22H,4,7-10,12-13H2,1-3H3,(H,19,20);1H. The molecule has 2 N–H and O–H groups in total. The molecule has 0 aromatic heterocycles. The number of aromatic hydroxyl groups is 1. The summed E-state index contributed by atoms with van der Waals surface area (Å²) in [5.74, 6) is 2.43. The van der Waals surface area contributed by atoms with Gasteiger partial charge < -0.3 is 24.8 Å². The van der Waals surface area contributed by atoms with E-state index in [0.717, 1.165) is 57.2 Å². The first kappa shape index (κ1) is 21.8. The van der Waals surface area contributed by atoms with Crippen LogP contribution < -0.4 is 10.1 Å². The number of methoxy groups -OCH3 is 1. The molecule has 7 heteroatoms. The minimum absolute atomic E-state index is 0. The third-order valence-corrected chi connectivity index (χ3v) is 4.32. The van der Waals surface area contributed by atoms with Crippen molar-refractivity contribution in [3.8, 4) is 11.5 Å². The third-order valence-electron chi connectivity index (χ3n) is 4.32. The molecule has 0 amide bonds. The number of halogens is 1. The predicted molar refractivity (Wildman–Crippen MR) is 111 cm³/mol. The van der Waals surface area contributed by atoms with Gasteiger partial charge in [-0.3, -0.25) is 4.99 Å². The van der Waals surface area contributed by atoms with E-state index in [0.29, 0.717) is 11.7 Å². The summed E-state index contributed by atoms with van der Waals surface area (Å²) in [5, 5.41) is 13.4. The summed E-state index contributed by atoms with van der Waals surface area (Å²) in [6.07, 6.45) is 1.87. The summed E-state index contributed by atoms with van der Waals surface area (Å²) in [4.78, 5) is 6.65. The molecule has 1 atom stereocenters. The summed E-state index contributed by atoms with van der Waals surface area (Å²) in [6, 6.07) is 5.40. The smallest absolute Gasteiger partial charge is 0.193 e. The van der Waals surface area contributed by atoms with E-state index in [-0.39, 0.29) is 29.7 Å². The molecule has 0 radical (unpaired) electrons. The molecule has 6 nitrogen and oxygen atoms in total. The maximum absolute atomic E-state index is 10.0. The lowest BCUT2D eigenvalue weighted by Gasteiger charge is -2.22. The quantitative estimate of drug-likeness (QED) is 0.370. The summed E-state index contributed by atoms with van der Waals surface area (Å²) in [6.45, 7) is 6.33. The first-order chi connectivity index (χ1) is 11.7. The molecule has 2 rings (SSSR count). The Labute approximate surface area is 167 Å². The van der Waals surface area contributed by atoms with Crippen LogP contribution in [0.1, 0.15) is 18.9 Å². The summed E-state index contributed by atoms with van der Waals surface area (Å²) < 4.78 is 10.6. The molecular formula is C18H30IN3O3. The molecule has 1 fully saturated rings. The second kappa shape index (κ2) is 11.4. The Morgan fingerprint density at radius 1 is 1.44 bits per heavy atom. The number of benzene rings is 1. The topological polar surface area (TPSA) is 66.3 Å². The van der Waals surface area contributed by atoms with E-state index in [9.17, 15) is 5.11 Å². The Bertz CT molecular complexity index is 554. The van der Waals surface area contributed by atoms with Crippen LogP contribution >= 0.6 is 24.0 Å². The second-order valence-corrected chi connectivity index (χ2v) is 5.98. The molecule has 1 aromatic rings. The lowest BCUT2D eigenvalue weighted by molar-refractivity contribution is 0.114. The number of likely N-dealkylation sites (tertiary alicyclic amines) is 1. The maximum atomic E-state index is 10.0. The molecule has 1 aliphatic rings. The Hall–Kier alpha value is -1.22. The van der Waals surface area contributed by atoms with Gasteiger partial charge in [0.15, 0.2) is 5.96 Å². The molecule has 0 bridgehead atoms. The Kier molecular flexibility index (Phi) is 9.96. The van der Waals surface area contributed by atoms with Crippen molar-refractivity contribution in [1.29, 1.82) is 0 Å². The number of nitrogens with zero attached hydrogens (tertiary/aromatic N) is 2. The van der Waals surface area contributed by atoms with Gasteiger partial charge >= 0.3 is 0 Å². The number of hydrogen-bond acceptors (Lipinski definition) is 4. The Morgan fingerprint density at radius 3 is 2.88 bits per heavy atom. The first-order valence-corrected chi connectivity index (χ1v) is 8.57. The van der Waals surface area contributed by atoms with Gasteiger partial charge in [-0.2, -0.15) is 0 Å². The van der Waals surface area contributed by atoms with Crippen LogP contribution in [0.15, 0.2) is 23.2 Å². The number of phenolic OH excluding ortho intramolecular Hbond substituents is 1. The van der Waals surface area contributed by atoms with E-state index >= 15 is 0 Å². The van der Waals surface area contributed by atoms with E-state index in [1.807, 2.05) is 26.1 Å². The van der Waals surface area contributed by atoms with Crippen molar-refractivity contribution in [3.05, 3.63) is 23.8 Å². The summed E-state index contributed by atoms with van der Waals surface area (Å²) in [5.41, 5.74) is 0.898. The molecule has 1 aromatic carbocycles. The highest BCUT2D eigenvalue weighted by Gasteiger charge is 2.24. The van der Waals surface area contributed by atoms with Crippen LogP contribution in [-0.2, 0) is 11.2 Å². The molecule has 25 heavy (non-hydrogen) atoms. The number of phenols is 1. The van der Waals surface area contributed by atoms with E-state index in [2.05, 4.69) is 15.2 Å². The number of ether oxygens (including phenoxy) is 2. The molecule has 1 aliphatic heterocycles. The molecule has 142 valence electrons. The number of aliphatic imine (C=N–C) groups is 1. The lowest BCUT2D eigenvalue weighted by atomic mass is 10.1. The van der Waals surface area contributed by atoms with Crippen molar-refractivity contribution >= 4 is 29.9 Å². The average molecular weight is 463 g/mol. The van der Waals surface area contributed by atoms with Crippen LogP contribution in [0, 0.1) is 5.92 Å². The largest absolute Gasteiger partial charge is 0.508 e. The molecule has 1 unspecified atom stereocenters. The van der Waals surface area contributed by atoms with Gasteiger partial charge in [-0.1, -0.05) is 6.07 Å². The van der Waals surface area contributed by atoms with Gasteiger partial charge in [0, 0.05) is 45.3 Å². The SMILES string of the molecule is CCOCC1CCN(C(=NC)NCCc2ccc(OC)cc2O)C1.I. The zero-order chi connectivity index (χ0) is 17.4. The van der Waals surface area contributed by atoms with E-state index in [4.69, 9.17) is 9.47 Å². The normalized spacial score (nSPS) is 17.3. The number of nitrogens with one attached hydrogen (secondary N) is 1. The average Bonchev–Trinajstić information content (AvgIpc) is 3.06. The number of hydrogen-bond donors (Lipinski definition) is 2. The summed E-state index contributed by atoms with van der Waals surface area (Å²) >= 11 is 0. The highest BCUT2D eigenvalue weighted by molar-refractivity contribution is 14.0. The van der Waals surface area contributed by atoms with Gasteiger partial charge in [-0.15, -0.1) is 24.0 Å². The van der Waals surface area contributed by atoms with Crippen LogP contribution in [0.3, 0.4) is 0 Å². The van der Waals surface area contributed by atoms with E-state index in [1.165, 1.54) is 0 Å². The van der Waals surface area contributed by atoms with Crippen LogP contribution in [0.5, 0.6) is 11.5 Å². The highest BCUT2D eigenvalue weighted by atomic mass is 127. The third kappa shape index (κ3) is 6.54. The Morgan fingerprint density at radius 2 is 2.24 bits per heavy atom. The Balaban J connectivity index is 0.00000312. The van der Waals surface area contributed by atoms with Gasteiger partial charge in [-0.25, -0.2) is 0 Å². The van der Waals surface area contributed by atoms with Gasteiger partial charge in [0.05, 0.1) is 13.7 Å². The van der Waals surface area contributed by atoms with Crippen molar-refractivity contribution in [1.82, 2.24) is 10.2 Å². The predicted octanol–water partition coefficient (Wildman–Crippen LogP) is 2.50. The zero-order valence-electron chi connectivity index (χ0n) is 15.3. The van der Waals surface area contributed by atoms with Crippen molar-refractivity contribution in [2.24, 2.45) is 10.9 Å². The molecule has 0 spiro atoms. The summed E-state index contributed by atoms with van der Waals surface area (Å²) in [7, 11) is 3.40. The van der Waals surface area contributed by atoms with Crippen LogP contribution in [0.2, 0.25) is 0 Å². The maximum Gasteiger partial charge on any atom is 0.193 e. The number of rotatable bonds is 7. The minimum Gasteiger partial charge on any atom is -0.508 e. The fourth-order valence-corrected chi connectivity index (χ4v) is 2.97. The van der Waals surface area contributed by atoms with Crippen molar-refractivity contribution in [2.75, 3.05) is 47.0 Å². The highest BCUT2D eigenvalue weighted by Crippen LogP contribution is 2.23. The monoisotopic (exact) mass is 463 g/mol. The second-order valence-electron chi connectivity index (χ2n) is 5.98. The van der Waals surface area contributed by atoms with Crippen LogP contribution in [0.4, 0.5) is 0 Å². The van der Waals surface area contributed by atoms with Crippen molar-refractivity contribution in [3.63, 3.8) is 0 Å². The van der Waals surface area contributed by atoms with Gasteiger partial charge in [0.2, 0.25) is 0 Å². The fourth-order valence-electron chi connectivity index (χ4n) is 2.97. The minimum atomic E-state index is 0. The molecule has 0 aliphatic carbocycles. The van der Waals surface area contributed by atoms with E-state index in [1.54, 1.807) is 13.2 Å². The molecular weight excluding hydrogens is 433 g/mol. The van der Waals surface area contributed by atoms with Gasteiger partial charge in [0.1, 0.15) is 11.5 Å². The fraction of sp³-hybridized carbons (Fsp3) is 0.611. The van der Waals surface area contributed by atoms with Crippen molar-refractivity contribution < 1.29 is 14.6 Å².